The fraction of sp³-hybridized carbons (Fsp3) is 0.250. The van der Waals surface area contributed by atoms with Crippen LogP contribution < -0.4 is 14.8 Å². The molecule has 3 heteroatoms. The van der Waals surface area contributed by atoms with Crippen molar-refractivity contribution in [2.75, 3.05) is 13.7 Å². The molecule has 1 N–H and O–H groups in total. The van der Waals surface area contributed by atoms with Crippen molar-refractivity contribution in [3.05, 3.63) is 54.1 Å². The van der Waals surface area contributed by atoms with Crippen LogP contribution in [0.5, 0.6) is 17.2 Å². The Kier molecular flexibility index (Phi) is 4.81. The summed E-state index contributed by atoms with van der Waals surface area (Å²) >= 11 is 0. The number of ether oxygens (including phenoxy) is 2. The van der Waals surface area contributed by atoms with Gasteiger partial charge in [0.05, 0.1) is 7.11 Å². The zero-order chi connectivity index (χ0) is 13.5. The van der Waals surface area contributed by atoms with Gasteiger partial charge >= 0.3 is 0 Å². The second-order valence-electron chi connectivity index (χ2n) is 4.18. The van der Waals surface area contributed by atoms with E-state index in [1.807, 2.05) is 36.4 Å². The van der Waals surface area contributed by atoms with Gasteiger partial charge in [-0.15, -0.1) is 0 Å². The number of hydrogen-bond acceptors (Lipinski definition) is 3. The SMILES string of the molecule is CCNCc1ccc(Oc2ccccc2OC)cc1. The third-order valence-electron chi connectivity index (χ3n) is 2.80. The summed E-state index contributed by atoms with van der Waals surface area (Å²) in [5.74, 6) is 2.27. The van der Waals surface area contributed by atoms with E-state index in [1.165, 1.54) is 5.56 Å². The molecule has 0 radical (unpaired) electrons. The maximum Gasteiger partial charge on any atom is 0.169 e. The van der Waals surface area contributed by atoms with E-state index in [4.69, 9.17) is 9.47 Å². The quantitative estimate of drug-likeness (QED) is 0.857. The summed E-state index contributed by atoms with van der Waals surface area (Å²) < 4.78 is 11.1. The summed E-state index contributed by atoms with van der Waals surface area (Å²) in [6, 6.07) is 15.7. The zero-order valence-electron chi connectivity index (χ0n) is 11.3. The van der Waals surface area contributed by atoms with Crippen molar-refractivity contribution >= 4 is 0 Å². The molecule has 0 aliphatic rings. The second kappa shape index (κ2) is 6.81. The van der Waals surface area contributed by atoms with Crippen molar-refractivity contribution in [2.24, 2.45) is 0 Å². The lowest BCUT2D eigenvalue weighted by Crippen LogP contribution is -2.11. The lowest BCUT2D eigenvalue weighted by Gasteiger charge is -2.10. The van der Waals surface area contributed by atoms with Crippen molar-refractivity contribution in [1.82, 2.24) is 5.32 Å². The third kappa shape index (κ3) is 3.73. The fourth-order valence-electron chi connectivity index (χ4n) is 1.77. The predicted molar refractivity (Wildman–Crippen MR) is 76.9 cm³/mol. The van der Waals surface area contributed by atoms with E-state index >= 15 is 0 Å². The van der Waals surface area contributed by atoms with Crippen LogP contribution in [0, 0.1) is 0 Å². The van der Waals surface area contributed by atoms with Gasteiger partial charge in [0.25, 0.3) is 0 Å². The Morgan fingerprint density at radius 3 is 2.26 bits per heavy atom. The second-order valence-corrected chi connectivity index (χ2v) is 4.18. The maximum atomic E-state index is 5.81. The van der Waals surface area contributed by atoms with Gasteiger partial charge in [-0.05, 0) is 36.4 Å². The maximum absolute atomic E-state index is 5.81. The highest BCUT2D eigenvalue weighted by molar-refractivity contribution is 5.42. The summed E-state index contributed by atoms with van der Waals surface area (Å²) in [4.78, 5) is 0. The highest BCUT2D eigenvalue weighted by Crippen LogP contribution is 2.30. The number of para-hydroxylation sites is 2. The van der Waals surface area contributed by atoms with E-state index in [9.17, 15) is 0 Å². The van der Waals surface area contributed by atoms with Crippen molar-refractivity contribution in [3.8, 4) is 17.2 Å². The minimum Gasteiger partial charge on any atom is -0.493 e. The highest BCUT2D eigenvalue weighted by atomic mass is 16.5. The largest absolute Gasteiger partial charge is 0.493 e. The molecule has 0 amide bonds. The Bertz CT molecular complexity index is 508. The van der Waals surface area contributed by atoms with Crippen LogP contribution in [-0.2, 0) is 6.54 Å². The van der Waals surface area contributed by atoms with E-state index in [1.54, 1.807) is 7.11 Å². The lowest BCUT2D eigenvalue weighted by atomic mass is 10.2. The lowest BCUT2D eigenvalue weighted by molar-refractivity contribution is 0.379. The van der Waals surface area contributed by atoms with Gasteiger partial charge in [-0.2, -0.15) is 0 Å². The summed E-state index contributed by atoms with van der Waals surface area (Å²) in [5.41, 5.74) is 1.24. The third-order valence-corrected chi connectivity index (χ3v) is 2.80. The van der Waals surface area contributed by atoms with Crippen LogP contribution in [0.25, 0.3) is 0 Å². The number of benzene rings is 2. The van der Waals surface area contributed by atoms with Crippen LogP contribution in [0.1, 0.15) is 12.5 Å². The van der Waals surface area contributed by atoms with Gasteiger partial charge in [0.1, 0.15) is 5.75 Å². The van der Waals surface area contributed by atoms with Crippen molar-refractivity contribution in [1.29, 1.82) is 0 Å². The molecular formula is C16H19NO2. The van der Waals surface area contributed by atoms with Gasteiger partial charge in [0.2, 0.25) is 0 Å². The van der Waals surface area contributed by atoms with Gasteiger partial charge in [0, 0.05) is 6.54 Å². The van der Waals surface area contributed by atoms with E-state index in [2.05, 4.69) is 24.4 Å². The van der Waals surface area contributed by atoms with Crippen molar-refractivity contribution < 1.29 is 9.47 Å². The molecule has 2 rings (SSSR count). The summed E-state index contributed by atoms with van der Waals surface area (Å²) in [6.45, 7) is 3.95. The van der Waals surface area contributed by atoms with E-state index in [-0.39, 0.29) is 0 Å². The molecule has 0 fully saturated rings. The number of methoxy groups -OCH3 is 1. The molecule has 0 saturated carbocycles. The fourth-order valence-corrected chi connectivity index (χ4v) is 1.77. The Morgan fingerprint density at radius 1 is 0.947 bits per heavy atom. The average Bonchev–Trinajstić information content (AvgIpc) is 2.47. The van der Waals surface area contributed by atoms with Crippen LogP contribution in [0.4, 0.5) is 0 Å². The first-order valence-electron chi connectivity index (χ1n) is 6.44. The molecular weight excluding hydrogens is 238 g/mol. The van der Waals surface area contributed by atoms with Crippen molar-refractivity contribution in [2.45, 2.75) is 13.5 Å². The summed E-state index contributed by atoms with van der Waals surface area (Å²) in [5, 5.41) is 3.29. The smallest absolute Gasteiger partial charge is 0.169 e. The summed E-state index contributed by atoms with van der Waals surface area (Å²) in [7, 11) is 1.64. The zero-order valence-corrected chi connectivity index (χ0v) is 11.3. The molecule has 0 saturated heterocycles. The molecule has 0 heterocycles. The molecule has 0 bridgehead atoms. The Morgan fingerprint density at radius 2 is 1.63 bits per heavy atom. The van der Waals surface area contributed by atoms with Gasteiger partial charge in [-0.1, -0.05) is 31.2 Å². The van der Waals surface area contributed by atoms with Gasteiger partial charge < -0.3 is 14.8 Å². The molecule has 0 aromatic heterocycles. The average molecular weight is 257 g/mol. The molecule has 0 aliphatic carbocycles. The number of rotatable bonds is 6. The molecule has 100 valence electrons. The van der Waals surface area contributed by atoms with Crippen LogP contribution in [0.3, 0.4) is 0 Å². The monoisotopic (exact) mass is 257 g/mol. The van der Waals surface area contributed by atoms with E-state index < -0.39 is 0 Å². The molecule has 0 aliphatic heterocycles. The molecule has 3 nitrogen and oxygen atoms in total. The normalized spacial score (nSPS) is 10.2. The van der Waals surface area contributed by atoms with Gasteiger partial charge in [-0.25, -0.2) is 0 Å². The highest BCUT2D eigenvalue weighted by Gasteiger charge is 2.04. The van der Waals surface area contributed by atoms with Crippen LogP contribution in [-0.4, -0.2) is 13.7 Å². The topological polar surface area (TPSA) is 30.5 Å². The van der Waals surface area contributed by atoms with Crippen LogP contribution in [0.15, 0.2) is 48.5 Å². The van der Waals surface area contributed by atoms with Gasteiger partial charge in [0.15, 0.2) is 11.5 Å². The molecule has 2 aromatic carbocycles. The summed E-state index contributed by atoms with van der Waals surface area (Å²) in [6.07, 6.45) is 0. The minimum atomic E-state index is 0.726. The first-order chi connectivity index (χ1) is 9.33. The van der Waals surface area contributed by atoms with Crippen LogP contribution in [0.2, 0.25) is 0 Å². The standard InChI is InChI=1S/C16H19NO2/c1-3-17-12-13-8-10-14(11-9-13)19-16-7-5-4-6-15(16)18-2/h4-11,17H,3,12H2,1-2H3. The molecule has 19 heavy (non-hydrogen) atoms. The number of nitrogens with one attached hydrogen (secondary N) is 1. The van der Waals surface area contributed by atoms with E-state index in [0.29, 0.717) is 0 Å². The van der Waals surface area contributed by atoms with Crippen LogP contribution >= 0.6 is 0 Å². The number of hydrogen-bond donors (Lipinski definition) is 1. The predicted octanol–water partition coefficient (Wildman–Crippen LogP) is 3.60. The Balaban J connectivity index is 2.06. The Labute approximate surface area is 114 Å². The molecule has 0 spiro atoms. The molecule has 2 aromatic rings. The first kappa shape index (κ1) is 13.4. The first-order valence-corrected chi connectivity index (χ1v) is 6.44. The Hall–Kier alpha value is -2.00. The van der Waals surface area contributed by atoms with Gasteiger partial charge in [-0.3, -0.25) is 0 Å². The van der Waals surface area contributed by atoms with E-state index in [0.717, 1.165) is 30.3 Å². The molecule has 0 atom stereocenters. The minimum absolute atomic E-state index is 0.726. The molecule has 0 unspecified atom stereocenters. The van der Waals surface area contributed by atoms with Crippen molar-refractivity contribution in [3.63, 3.8) is 0 Å².